The summed E-state index contributed by atoms with van der Waals surface area (Å²) in [5.74, 6) is 6.70. The second-order valence-electron chi connectivity index (χ2n) is 8.02. The second kappa shape index (κ2) is 12.0. The van der Waals surface area contributed by atoms with Gasteiger partial charge in [0.05, 0.1) is 25.0 Å². The summed E-state index contributed by atoms with van der Waals surface area (Å²) < 4.78 is 11.8. The topological polar surface area (TPSA) is 64.6 Å². The lowest BCUT2D eigenvalue weighted by Crippen LogP contribution is -2.34. The molecule has 1 N–H and O–H groups in total. The molecule has 1 aliphatic rings. The molecule has 5 nitrogen and oxygen atoms in total. The molecule has 2 aromatic carbocycles. The molecule has 2 atom stereocenters. The van der Waals surface area contributed by atoms with Gasteiger partial charge in [-0.3, -0.25) is 4.79 Å². The first kappa shape index (κ1) is 23.4. The second-order valence-corrected chi connectivity index (χ2v) is 8.02. The van der Waals surface area contributed by atoms with Gasteiger partial charge in [0.15, 0.2) is 11.5 Å². The Morgan fingerprint density at radius 1 is 1.16 bits per heavy atom. The Balaban J connectivity index is 1.86. The fourth-order valence-electron chi connectivity index (χ4n) is 3.81. The van der Waals surface area contributed by atoms with Crippen molar-refractivity contribution in [3.8, 4) is 23.3 Å². The van der Waals surface area contributed by atoms with Crippen molar-refractivity contribution in [3.63, 3.8) is 0 Å². The Bertz CT molecular complexity index is 955. The molecule has 0 heterocycles. The molecular formula is C27H31NO4. The highest BCUT2D eigenvalue weighted by Gasteiger charge is 2.21. The molecular weight excluding hydrogens is 402 g/mol. The lowest BCUT2D eigenvalue weighted by molar-refractivity contribution is -0.129. The van der Waals surface area contributed by atoms with E-state index in [4.69, 9.17) is 9.47 Å². The number of benzene rings is 2. The summed E-state index contributed by atoms with van der Waals surface area (Å²) in [5.41, 5.74) is 1.83. The molecule has 0 radical (unpaired) electrons. The van der Waals surface area contributed by atoms with E-state index in [0.29, 0.717) is 30.8 Å². The first-order valence-corrected chi connectivity index (χ1v) is 11.3. The van der Waals surface area contributed by atoms with Crippen LogP contribution in [0.1, 0.15) is 56.1 Å². The quantitative estimate of drug-likeness (QED) is 0.359. The third kappa shape index (κ3) is 6.37. The summed E-state index contributed by atoms with van der Waals surface area (Å²) in [7, 11) is 1.63. The molecule has 0 saturated heterocycles. The van der Waals surface area contributed by atoms with Crippen LogP contribution < -0.4 is 14.8 Å². The predicted molar refractivity (Wildman–Crippen MR) is 125 cm³/mol. The van der Waals surface area contributed by atoms with Crippen molar-refractivity contribution in [3.05, 3.63) is 59.7 Å². The van der Waals surface area contributed by atoms with Gasteiger partial charge < -0.3 is 19.6 Å². The molecule has 5 heteroatoms. The molecule has 1 saturated carbocycles. The molecule has 2 aromatic rings. The van der Waals surface area contributed by atoms with Crippen molar-refractivity contribution in [2.45, 2.75) is 51.0 Å². The molecule has 32 heavy (non-hydrogen) atoms. The van der Waals surface area contributed by atoms with E-state index in [1.165, 1.54) is 12.8 Å². The van der Waals surface area contributed by atoms with Gasteiger partial charge in [0, 0.05) is 12.1 Å². The normalized spacial score (nSPS) is 15.2. The zero-order valence-corrected chi connectivity index (χ0v) is 18.8. The van der Waals surface area contributed by atoms with Crippen LogP contribution in [0.4, 0.5) is 0 Å². The summed E-state index contributed by atoms with van der Waals surface area (Å²) in [5, 5.41) is 2.90. The van der Waals surface area contributed by atoms with Gasteiger partial charge in [-0.1, -0.05) is 43.0 Å². The van der Waals surface area contributed by atoms with E-state index in [9.17, 15) is 9.59 Å². The van der Waals surface area contributed by atoms with Gasteiger partial charge in [0.1, 0.15) is 6.29 Å². The van der Waals surface area contributed by atoms with Crippen molar-refractivity contribution in [1.82, 2.24) is 5.32 Å². The Labute approximate surface area is 190 Å². The van der Waals surface area contributed by atoms with Crippen LogP contribution in [0, 0.1) is 17.8 Å². The zero-order chi connectivity index (χ0) is 22.8. The lowest BCUT2D eigenvalue weighted by Gasteiger charge is -2.19. The maximum atomic E-state index is 12.4. The number of nitrogens with one attached hydrogen (secondary N) is 1. The number of amides is 1. The number of hydrogen-bond donors (Lipinski definition) is 1. The predicted octanol–water partition coefficient (Wildman–Crippen LogP) is 4.49. The first-order valence-electron chi connectivity index (χ1n) is 11.3. The van der Waals surface area contributed by atoms with Crippen LogP contribution in [0.3, 0.4) is 0 Å². The number of carbonyl (C=O) groups is 2. The van der Waals surface area contributed by atoms with Crippen LogP contribution >= 0.6 is 0 Å². The summed E-state index contributed by atoms with van der Waals surface area (Å²) in [6, 6.07) is 15.5. The van der Waals surface area contributed by atoms with Crippen molar-refractivity contribution in [2.24, 2.45) is 5.92 Å². The van der Waals surface area contributed by atoms with Crippen LogP contribution in [0.25, 0.3) is 0 Å². The highest BCUT2D eigenvalue weighted by atomic mass is 16.5. The summed E-state index contributed by atoms with van der Waals surface area (Å²) in [4.78, 5) is 23.5. The van der Waals surface area contributed by atoms with Crippen LogP contribution in [0.5, 0.6) is 11.5 Å². The van der Waals surface area contributed by atoms with E-state index in [1.807, 2.05) is 55.5 Å². The number of carbonyl (C=O) groups excluding carboxylic acids is 2. The molecule has 1 fully saturated rings. The molecule has 0 spiro atoms. The average molecular weight is 434 g/mol. The van der Waals surface area contributed by atoms with E-state index in [2.05, 4.69) is 17.2 Å². The Hall–Kier alpha value is -3.26. The van der Waals surface area contributed by atoms with Crippen molar-refractivity contribution in [2.75, 3.05) is 13.7 Å². The standard InChI is InChI=1S/C27H31NO4/c1-3-21(19-29)27(30)28-18-23(14-13-20-9-5-4-6-10-20)22-15-16-25(31-2)26(17-22)32-24-11-7-8-12-24/h4-6,9-10,15-17,19,21,23-24H,3,7-8,11-12,18H2,1-2H3,(H,28,30). The smallest absolute Gasteiger partial charge is 0.230 e. The number of ether oxygens (including phenoxy) is 2. The van der Waals surface area contributed by atoms with Gasteiger partial charge in [0.25, 0.3) is 0 Å². The lowest BCUT2D eigenvalue weighted by atomic mass is 9.97. The van der Waals surface area contributed by atoms with E-state index in [1.54, 1.807) is 7.11 Å². The van der Waals surface area contributed by atoms with Gasteiger partial charge in [-0.2, -0.15) is 0 Å². The molecule has 0 bridgehead atoms. The molecule has 3 rings (SSSR count). The van der Waals surface area contributed by atoms with Crippen LogP contribution in [0.15, 0.2) is 48.5 Å². The van der Waals surface area contributed by atoms with Crippen LogP contribution in [-0.2, 0) is 9.59 Å². The maximum absolute atomic E-state index is 12.4. The molecule has 1 amide bonds. The van der Waals surface area contributed by atoms with Gasteiger partial charge >= 0.3 is 0 Å². The molecule has 168 valence electrons. The van der Waals surface area contributed by atoms with Crippen LogP contribution in [0.2, 0.25) is 0 Å². The fraction of sp³-hybridized carbons (Fsp3) is 0.407. The molecule has 0 aliphatic heterocycles. The SMILES string of the molecule is CCC(C=O)C(=O)NCC(C#Cc1ccccc1)c1ccc(OC)c(OC2CCCC2)c1. The van der Waals surface area contributed by atoms with Gasteiger partial charge in [-0.15, -0.1) is 0 Å². The summed E-state index contributed by atoms with van der Waals surface area (Å²) in [6.45, 7) is 2.12. The van der Waals surface area contributed by atoms with Gasteiger partial charge in [-0.25, -0.2) is 0 Å². The Morgan fingerprint density at radius 3 is 2.56 bits per heavy atom. The van der Waals surface area contributed by atoms with E-state index < -0.39 is 5.92 Å². The number of aldehydes is 1. The highest BCUT2D eigenvalue weighted by molar-refractivity contribution is 5.91. The molecule has 1 aliphatic carbocycles. The number of methoxy groups -OCH3 is 1. The monoisotopic (exact) mass is 433 g/mol. The fourth-order valence-corrected chi connectivity index (χ4v) is 3.81. The number of hydrogen-bond acceptors (Lipinski definition) is 4. The first-order chi connectivity index (χ1) is 15.6. The Morgan fingerprint density at radius 2 is 1.91 bits per heavy atom. The maximum Gasteiger partial charge on any atom is 0.230 e. The summed E-state index contributed by atoms with van der Waals surface area (Å²) in [6.07, 6.45) is 5.82. The van der Waals surface area contributed by atoms with E-state index in [0.717, 1.165) is 24.0 Å². The minimum atomic E-state index is -0.644. The van der Waals surface area contributed by atoms with E-state index in [-0.39, 0.29) is 17.9 Å². The summed E-state index contributed by atoms with van der Waals surface area (Å²) >= 11 is 0. The average Bonchev–Trinajstić information content (AvgIpc) is 3.34. The third-order valence-electron chi connectivity index (χ3n) is 5.77. The van der Waals surface area contributed by atoms with Crippen molar-refractivity contribution >= 4 is 12.2 Å². The van der Waals surface area contributed by atoms with Crippen molar-refractivity contribution in [1.29, 1.82) is 0 Å². The third-order valence-corrected chi connectivity index (χ3v) is 5.77. The van der Waals surface area contributed by atoms with E-state index >= 15 is 0 Å². The Kier molecular flexibility index (Phi) is 8.74. The minimum absolute atomic E-state index is 0.200. The molecule has 2 unspecified atom stereocenters. The van der Waals surface area contributed by atoms with Crippen LogP contribution in [-0.4, -0.2) is 32.0 Å². The van der Waals surface area contributed by atoms with Gasteiger partial charge in [-0.05, 0) is 61.9 Å². The molecule has 0 aromatic heterocycles. The van der Waals surface area contributed by atoms with Crippen molar-refractivity contribution < 1.29 is 19.1 Å². The minimum Gasteiger partial charge on any atom is -0.493 e. The number of rotatable bonds is 9. The van der Waals surface area contributed by atoms with Gasteiger partial charge in [0.2, 0.25) is 5.91 Å². The zero-order valence-electron chi connectivity index (χ0n) is 18.8. The largest absolute Gasteiger partial charge is 0.493 e. The highest BCUT2D eigenvalue weighted by Crippen LogP contribution is 2.34.